The molecule has 0 bridgehead atoms. The van der Waals surface area contributed by atoms with E-state index in [0.717, 1.165) is 10.5 Å². The number of benzene rings is 2. The fraction of sp³-hybridized carbons (Fsp3) is 0.350. The van der Waals surface area contributed by atoms with Crippen molar-refractivity contribution in [3.8, 4) is 0 Å². The standard InChI is InChI=1S/C20H24ClN3O3S/c1-22(15-17-7-9-18(21)10-8-17)20(25)16-23-11-13-24(14-12-23)28(26,27)19-5-3-2-4-6-19/h2-10H,11-16H2,1H3/p+1. The molecule has 6 nitrogen and oxygen atoms in total. The molecule has 2 aromatic rings. The predicted octanol–water partition coefficient (Wildman–Crippen LogP) is 0.888. The van der Waals surface area contributed by atoms with Gasteiger partial charge in [0.25, 0.3) is 5.91 Å². The lowest BCUT2D eigenvalue weighted by Crippen LogP contribution is -3.15. The second-order valence-electron chi connectivity index (χ2n) is 7.02. The third-order valence-corrected chi connectivity index (χ3v) is 7.14. The molecular weight excluding hydrogens is 398 g/mol. The Balaban J connectivity index is 1.51. The molecule has 1 aliphatic rings. The van der Waals surface area contributed by atoms with Crippen molar-refractivity contribution in [1.82, 2.24) is 9.21 Å². The second kappa shape index (κ2) is 9.05. The molecule has 1 amide bonds. The molecule has 1 fully saturated rings. The average molecular weight is 423 g/mol. The van der Waals surface area contributed by atoms with Gasteiger partial charge in [0.1, 0.15) is 0 Å². The van der Waals surface area contributed by atoms with E-state index in [-0.39, 0.29) is 5.91 Å². The van der Waals surface area contributed by atoms with Crippen LogP contribution < -0.4 is 4.90 Å². The van der Waals surface area contributed by atoms with Crippen molar-refractivity contribution in [2.75, 3.05) is 39.8 Å². The van der Waals surface area contributed by atoms with Crippen LogP contribution in [0.2, 0.25) is 5.02 Å². The second-order valence-corrected chi connectivity index (χ2v) is 9.39. The van der Waals surface area contributed by atoms with Crippen LogP contribution >= 0.6 is 11.6 Å². The normalized spacial score (nSPS) is 16.1. The van der Waals surface area contributed by atoms with E-state index in [0.29, 0.717) is 49.2 Å². The van der Waals surface area contributed by atoms with Crippen molar-refractivity contribution in [3.05, 3.63) is 65.2 Å². The van der Waals surface area contributed by atoms with Crippen LogP contribution in [0, 0.1) is 0 Å². The number of quaternary nitrogens is 1. The van der Waals surface area contributed by atoms with Crippen LogP contribution in [0.5, 0.6) is 0 Å². The highest BCUT2D eigenvalue weighted by Gasteiger charge is 2.31. The lowest BCUT2D eigenvalue weighted by molar-refractivity contribution is -0.896. The summed E-state index contributed by atoms with van der Waals surface area (Å²) in [5.74, 6) is 0.0457. The Kier molecular flexibility index (Phi) is 6.72. The molecule has 0 aliphatic carbocycles. The van der Waals surface area contributed by atoms with Crippen molar-refractivity contribution >= 4 is 27.5 Å². The first-order chi connectivity index (χ1) is 13.4. The predicted molar refractivity (Wildman–Crippen MR) is 109 cm³/mol. The maximum atomic E-state index is 12.7. The van der Waals surface area contributed by atoms with Crippen LogP contribution in [0.25, 0.3) is 0 Å². The minimum absolute atomic E-state index is 0.0457. The van der Waals surface area contributed by atoms with E-state index in [2.05, 4.69) is 0 Å². The number of nitrogens with one attached hydrogen (secondary N) is 1. The van der Waals surface area contributed by atoms with Gasteiger partial charge in [0.15, 0.2) is 6.54 Å². The number of sulfonamides is 1. The Labute approximate surface area is 171 Å². The summed E-state index contributed by atoms with van der Waals surface area (Å²) in [7, 11) is -1.68. The van der Waals surface area contributed by atoms with E-state index in [1.165, 1.54) is 4.31 Å². The molecule has 0 radical (unpaired) electrons. The number of amides is 1. The maximum absolute atomic E-state index is 12.7. The summed E-state index contributed by atoms with van der Waals surface area (Å²) >= 11 is 5.89. The van der Waals surface area contributed by atoms with Gasteiger partial charge in [-0.2, -0.15) is 4.31 Å². The zero-order valence-electron chi connectivity index (χ0n) is 15.8. The zero-order chi connectivity index (χ0) is 20.1. The molecule has 0 atom stereocenters. The lowest BCUT2D eigenvalue weighted by Gasteiger charge is -2.32. The number of hydrogen-bond acceptors (Lipinski definition) is 3. The summed E-state index contributed by atoms with van der Waals surface area (Å²) in [5.41, 5.74) is 1.02. The van der Waals surface area contributed by atoms with Crippen LogP contribution in [-0.4, -0.2) is 63.3 Å². The van der Waals surface area contributed by atoms with Gasteiger partial charge in [0, 0.05) is 18.6 Å². The van der Waals surface area contributed by atoms with Crippen molar-refractivity contribution < 1.29 is 18.1 Å². The van der Waals surface area contributed by atoms with Crippen molar-refractivity contribution in [2.45, 2.75) is 11.4 Å². The molecule has 1 N–H and O–H groups in total. The van der Waals surface area contributed by atoms with Crippen LogP contribution in [0.1, 0.15) is 5.56 Å². The molecule has 150 valence electrons. The lowest BCUT2D eigenvalue weighted by atomic mass is 10.2. The minimum Gasteiger partial charge on any atom is -0.337 e. The Morgan fingerprint density at radius 1 is 1.07 bits per heavy atom. The van der Waals surface area contributed by atoms with Gasteiger partial charge >= 0.3 is 0 Å². The van der Waals surface area contributed by atoms with Gasteiger partial charge in [0.05, 0.1) is 31.1 Å². The van der Waals surface area contributed by atoms with Crippen LogP contribution in [0.3, 0.4) is 0 Å². The van der Waals surface area contributed by atoms with E-state index in [4.69, 9.17) is 11.6 Å². The quantitative estimate of drug-likeness (QED) is 0.752. The van der Waals surface area contributed by atoms with E-state index in [1.807, 2.05) is 24.3 Å². The molecule has 2 aromatic carbocycles. The molecule has 3 rings (SSSR count). The van der Waals surface area contributed by atoms with E-state index in [1.54, 1.807) is 42.3 Å². The summed E-state index contributed by atoms with van der Waals surface area (Å²) in [6.07, 6.45) is 0. The number of likely N-dealkylation sites (N-methyl/N-ethyl adjacent to an activating group) is 1. The number of halogens is 1. The number of rotatable bonds is 6. The Hall–Kier alpha value is -1.93. The molecule has 8 heteroatoms. The highest BCUT2D eigenvalue weighted by atomic mass is 35.5. The highest BCUT2D eigenvalue weighted by Crippen LogP contribution is 2.15. The molecule has 1 heterocycles. The van der Waals surface area contributed by atoms with Crippen LogP contribution in [0.15, 0.2) is 59.5 Å². The molecule has 0 aromatic heterocycles. The molecule has 1 aliphatic heterocycles. The van der Waals surface area contributed by atoms with E-state index < -0.39 is 10.0 Å². The van der Waals surface area contributed by atoms with Gasteiger partial charge in [-0.3, -0.25) is 4.79 Å². The van der Waals surface area contributed by atoms with Crippen LogP contribution in [0.4, 0.5) is 0 Å². The topological polar surface area (TPSA) is 62.1 Å². The summed E-state index contributed by atoms with van der Waals surface area (Å²) in [4.78, 5) is 15.6. The van der Waals surface area contributed by atoms with Gasteiger partial charge in [-0.05, 0) is 29.8 Å². The number of carbonyl (C=O) groups is 1. The fourth-order valence-corrected chi connectivity index (χ4v) is 4.85. The summed E-state index contributed by atoms with van der Waals surface area (Å²) in [6.45, 7) is 2.96. The average Bonchev–Trinajstić information content (AvgIpc) is 2.70. The first-order valence-electron chi connectivity index (χ1n) is 9.23. The molecule has 1 saturated heterocycles. The van der Waals surface area contributed by atoms with Crippen molar-refractivity contribution in [2.24, 2.45) is 0 Å². The highest BCUT2D eigenvalue weighted by molar-refractivity contribution is 7.89. The molecule has 0 unspecified atom stereocenters. The molecular formula is C20H25ClN3O3S+. The molecule has 28 heavy (non-hydrogen) atoms. The van der Waals surface area contributed by atoms with Crippen molar-refractivity contribution in [3.63, 3.8) is 0 Å². The Morgan fingerprint density at radius 3 is 2.29 bits per heavy atom. The minimum atomic E-state index is -3.46. The maximum Gasteiger partial charge on any atom is 0.277 e. The Morgan fingerprint density at radius 2 is 1.68 bits per heavy atom. The number of hydrogen-bond donors (Lipinski definition) is 1. The van der Waals surface area contributed by atoms with Gasteiger partial charge in [-0.1, -0.05) is 41.9 Å². The number of nitrogens with zero attached hydrogens (tertiary/aromatic N) is 2. The van der Waals surface area contributed by atoms with Gasteiger partial charge in [-0.25, -0.2) is 8.42 Å². The summed E-state index contributed by atoms with van der Waals surface area (Å²) in [5, 5.41) is 0.672. The molecule has 0 spiro atoms. The third kappa shape index (κ3) is 5.11. The smallest absolute Gasteiger partial charge is 0.277 e. The van der Waals surface area contributed by atoms with Gasteiger partial charge in [-0.15, -0.1) is 0 Å². The number of piperazine rings is 1. The first kappa shape index (κ1) is 20.8. The van der Waals surface area contributed by atoms with Gasteiger partial charge in [0.2, 0.25) is 10.0 Å². The summed E-state index contributed by atoms with van der Waals surface area (Å²) < 4.78 is 26.9. The SMILES string of the molecule is CN(Cc1ccc(Cl)cc1)C(=O)C[NH+]1CCN(S(=O)(=O)c2ccccc2)CC1. The van der Waals surface area contributed by atoms with E-state index >= 15 is 0 Å². The van der Waals surface area contributed by atoms with E-state index in [9.17, 15) is 13.2 Å². The zero-order valence-corrected chi connectivity index (χ0v) is 17.4. The first-order valence-corrected chi connectivity index (χ1v) is 11.1. The molecule has 0 saturated carbocycles. The monoisotopic (exact) mass is 422 g/mol. The fourth-order valence-electron chi connectivity index (χ4n) is 3.26. The summed E-state index contributed by atoms with van der Waals surface area (Å²) in [6, 6.07) is 15.9. The third-order valence-electron chi connectivity index (χ3n) is 4.97. The van der Waals surface area contributed by atoms with Crippen LogP contribution in [-0.2, 0) is 21.4 Å². The van der Waals surface area contributed by atoms with Crippen molar-refractivity contribution in [1.29, 1.82) is 0 Å². The Bertz CT molecular complexity index is 896. The largest absolute Gasteiger partial charge is 0.337 e. The number of carbonyl (C=O) groups excluding carboxylic acids is 1. The van der Waals surface area contributed by atoms with Gasteiger partial charge < -0.3 is 9.80 Å².